The molecule has 49 heavy (non-hydrogen) atoms. The van der Waals surface area contributed by atoms with E-state index in [-0.39, 0.29) is 15.6 Å². The Morgan fingerprint density at radius 3 is 1.92 bits per heavy atom. The van der Waals surface area contributed by atoms with E-state index in [9.17, 15) is 32.7 Å². The molecule has 9 nitrogen and oxygen atoms in total. The molecule has 4 N–H and O–H groups in total. The summed E-state index contributed by atoms with van der Waals surface area (Å²) in [6.45, 7) is 11.4. The van der Waals surface area contributed by atoms with Gasteiger partial charge in [0, 0.05) is 5.56 Å². The molecule has 17 heteroatoms. The van der Waals surface area contributed by atoms with Crippen molar-refractivity contribution in [3.63, 3.8) is 0 Å². The summed E-state index contributed by atoms with van der Waals surface area (Å²) < 4.78 is 82.4. The van der Waals surface area contributed by atoms with Crippen LogP contribution in [0.2, 0.25) is 28.2 Å². The van der Waals surface area contributed by atoms with Crippen LogP contribution in [-0.4, -0.2) is 69.2 Å². The zero-order valence-corrected chi connectivity index (χ0v) is 30.8. The van der Waals surface area contributed by atoms with Gasteiger partial charge in [-0.15, -0.1) is 0 Å². The fourth-order valence-electron chi connectivity index (χ4n) is 4.16. The fraction of sp³-hybridized carbons (Fsp3) is 0.531. The average molecular weight is 759 g/mol. The molecule has 0 heterocycles. The third-order valence-corrected chi connectivity index (χ3v) is 13.5. The first-order chi connectivity index (χ1) is 22.3. The molecule has 4 atom stereocenters. The van der Waals surface area contributed by atoms with E-state index < -0.39 is 85.5 Å². The van der Waals surface area contributed by atoms with Crippen molar-refractivity contribution in [1.29, 1.82) is 0 Å². The van der Waals surface area contributed by atoms with Crippen LogP contribution < -0.4 is 20.7 Å². The fourth-order valence-corrected chi connectivity index (χ4v) is 5.48. The lowest BCUT2D eigenvalue weighted by Gasteiger charge is -2.37. The molecule has 0 bridgehead atoms. The first-order valence-corrected chi connectivity index (χ1v) is 18.8. The Hall–Kier alpha value is -2.98. The van der Waals surface area contributed by atoms with Crippen LogP contribution in [0.5, 0.6) is 5.75 Å². The lowest BCUT2D eigenvalue weighted by molar-refractivity contribution is -0.215. The minimum Gasteiger partial charge on any atom is -0.497 e. The first kappa shape index (κ1) is 42.2. The number of alkyl halides is 5. The smallest absolute Gasteiger partial charge is 0.416 e. The Bertz CT molecular complexity index is 1470. The van der Waals surface area contributed by atoms with Gasteiger partial charge in [0.05, 0.1) is 29.8 Å². The zero-order valence-electron chi connectivity index (χ0n) is 28.3. The van der Waals surface area contributed by atoms with Crippen LogP contribution in [0.15, 0.2) is 42.5 Å². The molecule has 0 aliphatic carbocycles. The molecular formula is C32H42Cl2F5N3O6Si. The van der Waals surface area contributed by atoms with Crippen LogP contribution in [0, 0.1) is 5.92 Å². The van der Waals surface area contributed by atoms with Crippen molar-refractivity contribution < 1.29 is 50.6 Å². The second-order valence-electron chi connectivity index (χ2n) is 13.3. The van der Waals surface area contributed by atoms with Crippen LogP contribution in [0.25, 0.3) is 0 Å². The molecule has 0 saturated carbocycles. The number of halogens is 7. The van der Waals surface area contributed by atoms with Crippen LogP contribution in [0.3, 0.4) is 0 Å². The van der Waals surface area contributed by atoms with Crippen LogP contribution in [0.4, 0.5) is 22.0 Å². The van der Waals surface area contributed by atoms with E-state index in [2.05, 4.69) is 10.6 Å². The van der Waals surface area contributed by atoms with E-state index in [4.69, 9.17) is 32.4 Å². The Labute approximate surface area is 293 Å². The molecule has 2 aromatic rings. The maximum Gasteiger partial charge on any atom is 0.416 e. The molecular weight excluding hydrogens is 716 g/mol. The molecule has 2 aromatic carbocycles. The lowest BCUT2D eigenvalue weighted by Crippen LogP contribution is -2.58. The van der Waals surface area contributed by atoms with Gasteiger partial charge in [-0.2, -0.15) is 22.0 Å². The van der Waals surface area contributed by atoms with Gasteiger partial charge in [-0.25, -0.2) is 0 Å². The van der Waals surface area contributed by atoms with E-state index in [0.717, 1.165) is 18.2 Å². The summed E-state index contributed by atoms with van der Waals surface area (Å²) in [6.07, 6.45) is -8.03. The van der Waals surface area contributed by atoms with Gasteiger partial charge in [0.25, 0.3) is 5.91 Å². The number of aliphatic hydroxyl groups is 1. The van der Waals surface area contributed by atoms with Gasteiger partial charge in [-0.1, -0.05) is 76.0 Å². The summed E-state index contributed by atoms with van der Waals surface area (Å²) in [4.78, 5) is 40.5. The number of benzene rings is 2. The highest BCUT2D eigenvalue weighted by Gasteiger charge is 2.47. The molecule has 0 spiro atoms. The van der Waals surface area contributed by atoms with Crippen LogP contribution in [0.1, 0.15) is 51.8 Å². The number of hydrogen-bond donors (Lipinski definition) is 4. The minimum absolute atomic E-state index is 0.0352. The van der Waals surface area contributed by atoms with Gasteiger partial charge in [0.15, 0.2) is 14.4 Å². The molecule has 0 aromatic heterocycles. The molecule has 2 rings (SSSR count). The number of amides is 3. The molecule has 0 aliphatic rings. The molecule has 0 saturated heterocycles. The topological polar surface area (TPSA) is 126 Å². The van der Waals surface area contributed by atoms with Gasteiger partial charge >= 0.3 is 12.1 Å². The SMILES string of the molecule is COc1ccc([C@H](NC(=O)[C@H](CO[Si](C)(C)C(C)(C)C)NC(=O)C(F)(F)c2ccc(Cl)c(Cl)c2)C(=O)N[C@@H](C(C)C)[C@H](O)C(F)(F)F)cc1. The number of methoxy groups -OCH3 is 1. The number of hydrogen-bond acceptors (Lipinski definition) is 6. The van der Waals surface area contributed by atoms with Gasteiger partial charge in [-0.3, -0.25) is 14.4 Å². The molecule has 0 radical (unpaired) electrons. The predicted molar refractivity (Wildman–Crippen MR) is 178 cm³/mol. The summed E-state index contributed by atoms with van der Waals surface area (Å²) in [7, 11) is -1.30. The summed E-state index contributed by atoms with van der Waals surface area (Å²) in [6, 6.07) is 2.95. The van der Waals surface area contributed by atoms with E-state index in [0.29, 0.717) is 5.75 Å². The maximum absolute atomic E-state index is 15.4. The Morgan fingerprint density at radius 2 is 1.45 bits per heavy atom. The highest BCUT2D eigenvalue weighted by molar-refractivity contribution is 6.74. The van der Waals surface area contributed by atoms with Crippen molar-refractivity contribution >= 4 is 49.2 Å². The van der Waals surface area contributed by atoms with Crippen molar-refractivity contribution in [1.82, 2.24) is 16.0 Å². The van der Waals surface area contributed by atoms with Crippen molar-refractivity contribution in [2.24, 2.45) is 5.92 Å². The van der Waals surface area contributed by atoms with E-state index in [1.807, 2.05) is 39.2 Å². The normalized spacial score (nSPS) is 15.2. The van der Waals surface area contributed by atoms with Crippen LogP contribution >= 0.6 is 23.2 Å². The second-order valence-corrected chi connectivity index (χ2v) is 18.9. The Morgan fingerprint density at radius 1 is 0.878 bits per heavy atom. The molecule has 274 valence electrons. The number of carbonyl (C=O) groups excluding carboxylic acids is 3. The highest BCUT2D eigenvalue weighted by Crippen LogP contribution is 2.37. The standard InChI is InChI=1S/C32H42Cl2F5N3O6Si/c1-17(2)24(26(43)32(37,38)39)41-28(45)25(18-9-12-20(47-6)13-10-18)42-27(44)23(16-48-49(7,8)30(3,4)5)40-29(46)31(35,36)19-11-14-21(33)22(34)15-19/h9-15,17,23-26,43H,16H2,1-8H3,(H,40,46)(H,41,45)(H,42,44)/t23-,24-,25-,26-/m0/s1. The van der Waals surface area contributed by atoms with Crippen molar-refractivity contribution in [2.75, 3.05) is 13.7 Å². The van der Waals surface area contributed by atoms with Gasteiger partial charge in [0.1, 0.15) is 17.8 Å². The van der Waals surface area contributed by atoms with Crippen LogP contribution in [-0.2, 0) is 24.7 Å². The van der Waals surface area contributed by atoms with Gasteiger partial charge in [-0.05, 0) is 53.9 Å². The van der Waals surface area contributed by atoms with E-state index >= 15 is 8.78 Å². The first-order valence-electron chi connectivity index (χ1n) is 15.1. The third-order valence-electron chi connectivity index (χ3n) is 8.31. The number of nitrogens with one attached hydrogen (secondary N) is 3. The number of rotatable bonds is 14. The average Bonchev–Trinajstić information content (AvgIpc) is 3.00. The quantitative estimate of drug-likeness (QED) is 0.129. The second kappa shape index (κ2) is 16.4. The van der Waals surface area contributed by atoms with E-state index in [1.165, 1.54) is 45.2 Å². The Kier molecular flexibility index (Phi) is 14.1. The van der Waals surface area contributed by atoms with Crippen molar-refractivity contribution in [3.05, 3.63) is 63.6 Å². The summed E-state index contributed by atoms with van der Waals surface area (Å²) in [5.74, 6) is -9.00. The predicted octanol–water partition coefficient (Wildman–Crippen LogP) is 6.52. The van der Waals surface area contributed by atoms with Gasteiger partial charge in [0.2, 0.25) is 11.8 Å². The Balaban J connectivity index is 2.54. The van der Waals surface area contributed by atoms with Crippen molar-refractivity contribution in [2.45, 2.75) is 89.1 Å². The lowest BCUT2D eigenvalue weighted by atomic mass is 9.96. The van der Waals surface area contributed by atoms with Gasteiger partial charge < -0.3 is 30.2 Å². The maximum atomic E-state index is 15.4. The molecule has 0 fully saturated rings. The molecule has 0 unspecified atom stereocenters. The largest absolute Gasteiger partial charge is 0.497 e. The number of aliphatic hydroxyl groups excluding tert-OH is 1. The summed E-state index contributed by atoms with van der Waals surface area (Å²) in [5, 5.41) is 15.8. The molecule has 0 aliphatic heterocycles. The van der Waals surface area contributed by atoms with E-state index in [1.54, 1.807) is 0 Å². The molecule has 3 amide bonds. The van der Waals surface area contributed by atoms with Crippen molar-refractivity contribution in [3.8, 4) is 5.75 Å². The minimum atomic E-state index is -5.09. The number of carbonyl (C=O) groups is 3. The number of ether oxygens (including phenoxy) is 1. The monoisotopic (exact) mass is 757 g/mol. The summed E-state index contributed by atoms with van der Waals surface area (Å²) in [5.41, 5.74) is -0.755. The third kappa shape index (κ3) is 11.0. The highest BCUT2D eigenvalue weighted by atomic mass is 35.5. The summed E-state index contributed by atoms with van der Waals surface area (Å²) >= 11 is 11.7. The zero-order chi connectivity index (χ0) is 37.7.